The summed E-state index contributed by atoms with van der Waals surface area (Å²) >= 11 is 1.62. The molecule has 22 heteroatoms. The number of hydrogen-bond donors (Lipinski definition) is 3. The number of ketones is 2. The summed E-state index contributed by atoms with van der Waals surface area (Å²) in [6, 6.07) is 5.81. The van der Waals surface area contributed by atoms with Gasteiger partial charge in [0.1, 0.15) is 19.0 Å². The predicted octanol–water partition coefficient (Wildman–Crippen LogP) is 8.70. The van der Waals surface area contributed by atoms with Crippen molar-refractivity contribution in [2.24, 2.45) is 57.2 Å². The fourth-order valence-corrected chi connectivity index (χ4v) is 18.5. The van der Waals surface area contributed by atoms with Crippen LogP contribution in [-0.2, 0) is 33.4 Å². The van der Waals surface area contributed by atoms with Gasteiger partial charge in [-0.05, 0) is 124 Å². The zero-order chi connectivity index (χ0) is 62.0. The lowest BCUT2D eigenvalue weighted by Crippen LogP contribution is -2.70. The van der Waals surface area contributed by atoms with E-state index in [4.69, 9.17) is 28.2 Å². The molecule has 0 bridgehead atoms. The van der Waals surface area contributed by atoms with Gasteiger partial charge in [0.15, 0.2) is 40.7 Å². The second-order valence-electron chi connectivity index (χ2n) is 24.7. The van der Waals surface area contributed by atoms with Crippen LogP contribution in [0.3, 0.4) is 0 Å². The zero-order valence-electron chi connectivity index (χ0n) is 48.3. The van der Waals surface area contributed by atoms with Crippen molar-refractivity contribution in [3.63, 3.8) is 0 Å². The van der Waals surface area contributed by atoms with Gasteiger partial charge in [-0.1, -0.05) is 87.1 Å². The van der Waals surface area contributed by atoms with Crippen LogP contribution in [0.15, 0.2) is 93.2 Å². The van der Waals surface area contributed by atoms with Crippen molar-refractivity contribution in [1.29, 1.82) is 0 Å². The first-order valence-corrected chi connectivity index (χ1v) is 30.1. The Kier molecular flexibility index (Phi) is 17.3. The fraction of sp³-hybridized carbons (Fsp3) is 0.571. The molecule has 18 atom stereocenters. The number of amides is 1. The molecule has 85 heavy (non-hydrogen) atoms. The van der Waals surface area contributed by atoms with Gasteiger partial charge in [0.25, 0.3) is 0 Å². The van der Waals surface area contributed by atoms with Crippen LogP contribution in [0.1, 0.15) is 101 Å². The number of ether oxygens (including phenoxy) is 3. The first-order chi connectivity index (χ1) is 40.0. The highest BCUT2D eigenvalue weighted by Gasteiger charge is 2.80. The molecule has 2 heterocycles. The molecule has 6 fully saturated rings. The Morgan fingerprint density at radius 1 is 0.659 bits per heavy atom. The number of aliphatic hydroxyl groups is 3. The Labute approximate surface area is 498 Å². The number of esters is 2. The number of rotatable bonds is 9. The van der Waals surface area contributed by atoms with Crippen LogP contribution in [0.25, 0.3) is 0 Å². The molecule has 456 valence electrons. The Morgan fingerprint density at radius 3 is 1.45 bits per heavy atom. The minimum atomic E-state index is -2.35. The molecular weight excluding hydrogens is 1150 g/mol. The summed E-state index contributed by atoms with van der Waals surface area (Å²) in [6.07, 6.45) is 2.15. The van der Waals surface area contributed by atoms with Crippen LogP contribution < -0.4 is 0 Å². The van der Waals surface area contributed by atoms with E-state index < -0.39 is 144 Å². The summed E-state index contributed by atoms with van der Waals surface area (Å²) in [5.41, 5.74) is -14.1. The third-order valence-electron chi connectivity index (χ3n) is 20.4. The molecule has 0 saturated heterocycles. The normalized spacial score (nSPS) is 39.8. The van der Waals surface area contributed by atoms with Gasteiger partial charge in [-0.3, -0.25) is 19.2 Å². The molecule has 2 aromatic heterocycles. The van der Waals surface area contributed by atoms with Crippen LogP contribution in [0.2, 0.25) is 0 Å². The van der Waals surface area contributed by atoms with Crippen molar-refractivity contribution in [1.82, 2.24) is 4.90 Å². The number of carbonyl (C=O) groups excluding carboxylic acids is 7. The average molecular weight is 1220 g/mol. The third-order valence-corrected chi connectivity index (χ3v) is 22.1. The minimum absolute atomic E-state index is 0.000531. The summed E-state index contributed by atoms with van der Waals surface area (Å²) in [7, 11) is 3.06. The Bertz CT molecular complexity index is 3290. The highest BCUT2D eigenvalue weighted by Crippen LogP contribution is 2.74. The van der Waals surface area contributed by atoms with Gasteiger partial charge in [-0.25, -0.2) is 31.9 Å². The van der Waals surface area contributed by atoms with E-state index in [-0.39, 0.29) is 85.9 Å². The first kappa shape index (κ1) is 63.3. The molecule has 0 aromatic carbocycles. The number of hydrogen-bond acceptors (Lipinski definition) is 17. The quantitative estimate of drug-likeness (QED) is 0.0921. The SMILES string of the molecule is C[C@@H]1CC2C3C[C@H](F)C4=CC(=O)C=C[C@]4(C)[C@@]3(F)[C@@H](O)C[C@]2(C)[C@@]1(OC(=O)c1ccco1)C(=O)SCC#CCO.C[C@@H]1CC2C3C[C@H](F)C4=CC(=O)C=C[C@]4(C)[C@@]3(F)[C@@H](O)C[C@]2(C)[C@@]1(OC(=O)c1ccco1)C(=O)SCC#CCOC(=O)N(C)C. The molecule has 1 amide bonds. The van der Waals surface area contributed by atoms with E-state index in [0.29, 0.717) is 0 Å². The van der Waals surface area contributed by atoms with E-state index in [2.05, 4.69) is 23.7 Å². The van der Waals surface area contributed by atoms with E-state index in [0.717, 1.165) is 35.7 Å². The number of alkyl halides is 4. The molecule has 8 aliphatic carbocycles. The van der Waals surface area contributed by atoms with Crippen molar-refractivity contribution in [3.05, 3.63) is 95.9 Å². The highest BCUT2D eigenvalue weighted by molar-refractivity contribution is 8.14. The third kappa shape index (κ3) is 9.70. The number of furan rings is 2. The molecular formula is C63H69F4NO15S2. The van der Waals surface area contributed by atoms with Crippen LogP contribution in [0.5, 0.6) is 0 Å². The molecule has 3 N–H and O–H groups in total. The maximum absolute atomic E-state index is 17.6. The molecule has 0 aliphatic heterocycles. The standard InChI is InChI=1S/C33H37F2NO8S.C30H32F2O7S/c1-19-15-21-22-17-24(34)23-16-20(37)10-11-30(23,2)32(22,35)26(38)18-31(21,3)33(19,44-27(39)25-9-8-13-42-25)28(40)45-14-7-6-12-43-29(41)36(4)5;1-17-13-19-20-15-22(31)21-14-18(34)8-9-27(21,2)29(20,32)24(35)16-28(19,3)30(17,26(37)40-12-5-4-10-33)39-25(36)23-7-6-11-38-23/h8-11,13,16,19,21-22,24,26,38H,12,14-15,17-18H2,1-5H3;6-9,11,14,17,19-20,22,24,33,35H,10,12-13,15-16H2,1-3H3/t19-,21?,22?,24+,26+,30+,31+,32+,33+;17-,19?,20?,22+,24+,27+,28+,29+,30+/m11/s1. The van der Waals surface area contributed by atoms with E-state index in [1.807, 2.05) is 0 Å². The Hall–Kier alpha value is -6.17. The maximum atomic E-state index is 17.6. The van der Waals surface area contributed by atoms with Crippen molar-refractivity contribution in [2.45, 2.75) is 127 Å². The molecule has 0 spiro atoms. The molecule has 4 unspecified atom stereocenters. The van der Waals surface area contributed by atoms with Gasteiger partial charge >= 0.3 is 18.0 Å². The molecule has 16 nitrogen and oxygen atoms in total. The minimum Gasteiger partial charge on any atom is -0.457 e. The molecule has 2 aromatic rings. The average Bonchev–Trinajstić information content (AvgIpc) is 1.67. The predicted molar refractivity (Wildman–Crippen MR) is 303 cm³/mol. The topological polar surface area (TPSA) is 237 Å². The summed E-state index contributed by atoms with van der Waals surface area (Å²) in [5, 5.41) is 31.3. The van der Waals surface area contributed by atoms with Crippen molar-refractivity contribution in [3.8, 4) is 23.7 Å². The highest BCUT2D eigenvalue weighted by atomic mass is 32.2. The van der Waals surface area contributed by atoms with E-state index in [9.17, 15) is 43.8 Å². The number of carbonyl (C=O) groups is 7. The largest absolute Gasteiger partial charge is 0.457 e. The lowest BCUT2D eigenvalue weighted by Gasteiger charge is -2.63. The molecule has 8 aliphatic rings. The van der Waals surface area contributed by atoms with Gasteiger partial charge in [0.05, 0.1) is 36.2 Å². The number of fused-ring (bicyclic) bond motifs is 10. The summed E-state index contributed by atoms with van der Waals surface area (Å²) in [6.45, 7) is 9.33. The fourth-order valence-electron chi connectivity index (χ4n) is 16.5. The van der Waals surface area contributed by atoms with Crippen LogP contribution >= 0.6 is 23.5 Å². The summed E-state index contributed by atoms with van der Waals surface area (Å²) < 4.78 is 94.5. The monoisotopic (exact) mass is 1220 g/mol. The number of nitrogens with zero attached hydrogens (tertiary/aromatic N) is 1. The number of thioether (sulfide) groups is 2. The van der Waals surface area contributed by atoms with Crippen LogP contribution in [0.4, 0.5) is 22.4 Å². The van der Waals surface area contributed by atoms with Gasteiger partial charge in [-0.15, -0.1) is 0 Å². The lowest BCUT2D eigenvalue weighted by atomic mass is 9.44. The van der Waals surface area contributed by atoms with Gasteiger partial charge < -0.3 is 43.3 Å². The second kappa shape index (κ2) is 23.2. The zero-order valence-corrected chi connectivity index (χ0v) is 49.9. The number of aliphatic hydroxyl groups excluding tert-OH is 3. The van der Waals surface area contributed by atoms with E-state index in [1.165, 1.54) is 93.9 Å². The van der Waals surface area contributed by atoms with E-state index >= 15 is 17.6 Å². The maximum Gasteiger partial charge on any atom is 0.410 e. The van der Waals surface area contributed by atoms with Gasteiger partial charge in [-0.2, -0.15) is 0 Å². The molecule has 10 rings (SSSR count). The lowest BCUT2D eigenvalue weighted by molar-refractivity contribution is -0.221. The van der Waals surface area contributed by atoms with Crippen molar-refractivity contribution >= 4 is 63.4 Å². The van der Waals surface area contributed by atoms with Crippen molar-refractivity contribution < 1.29 is 89.5 Å². The number of allylic oxidation sites excluding steroid dienone is 8. The first-order valence-electron chi connectivity index (χ1n) is 28.2. The van der Waals surface area contributed by atoms with Crippen molar-refractivity contribution in [2.75, 3.05) is 38.8 Å². The Balaban J connectivity index is 0.000000205. The van der Waals surface area contributed by atoms with Gasteiger partial charge in [0.2, 0.25) is 21.8 Å². The molecule has 0 radical (unpaired) electrons. The van der Waals surface area contributed by atoms with Gasteiger partial charge in [0, 0.05) is 59.4 Å². The van der Waals surface area contributed by atoms with E-state index in [1.54, 1.807) is 27.7 Å². The molecule has 6 saturated carbocycles. The van der Waals surface area contributed by atoms with Crippen LogP contribution in [0, 0.1) is 80.8 Å². The Morgan fingerprint density at radius 2 is 1.07 bits per heavy atom. The summed E-state index contributed by atoms with van der Waals surface area (Å²) in [4.78, 5) is 92.1. The second-order valence-corrected chi connectivity index (χ2v) is 26.6. The summed E-state index contributed by atoms with van der Waals surface area (Å²) in [5.74, 6) is 3.02. The smallest absolute Gasteiger partial charge is 0.410 e. The van der Waals surface area contributed by atoms with Crippen LogP contribution in [-0.4, -0.2) is 146 Å². The number of halogens is 4.